The van der Waals surface area contributed by atoms with Crippen LogP contribution in [0.15, 0.2) is 241 Å². The van der Waals surface area contributed by atoms with E-state index in [2.05, 4.69) is 238 Å². The Kier molecular flexibility index (Phi) is 7.75. The van der Waals surface area contributed by atoms with Crippen molar-refractivity contribution in [2.24, 2.45) is 0 Å². The van der Waals surface area contributed by atoms with Crippen LogP contribution in [0.1, 0.15) is 0 Å². The number of aromatic nitrogens is 3. The van der Waals surface area contributed by atoms with Crippen LogP contribution in [0.4, 0.5) is 0 Å². The van der Waals surface area contributed by atoms with Crippen molar-refractivity contribution in [1.82, 2.24) is 13.7 Å². The van der Waals surface area contributed by atoms with Gasteiger partial charge >= 0.3 is 0 Å². The second-order valence-electron chi connectivity index (χ2n) is 18.1. The van der Waals surface area contributed by atoms with Crippen molar-refractivity contribution >= 4 is 98.1 Å². The Morgan fingerprint density at radius 1 is 0.221 bits per heavy atom. The zero-order valence-corrected chi connectivity index (χ0v) is 36.8. The van der Waals surface area contributed by atoms with Crippen molar-refractivity contribution in [3.05, 3.63) is 237 Å². The fraction of sp³-hybridized carbons (Fsp3) is 0. The quantitative estimate of drug-likeness (QED) is 0.169. The molecule has 15 rings (SSSR count). The van der Waals surface area contributed by atoms with Crippen molar-refractivity contribution in [2.45, 2.75) is 0 Å². The van der Waals surface area contributed by atoms with E-state index in [1.54, 1.807) is 0 Å². The zero-order valence-electron chi connectivity index (χ0n) is 36.8. The van der Waals surface area contributed by atoms with Gasteiger partial charge in [-0.3, -0.25) is 0 Å². The molecule has 0 saturated heterocycles. The SMILES string of the molecule is c1ccc(-n2c3ccccc3c3cc(-c4ccc5c(c4)c4cc(-c6ccc7c(c6)c6ccccc6n7-c6ccc7ccccc7c6)ccc4n5-c4ccc5oc6ccccc6c5c4)ccc32)cc1. The van der Waals surface area contributed by atoms with E-state index >= 15 is 0 Å². The van der Waals surface area contributed by atoms with E-state index in [1.807, 2.05) is 12.1 Å². The van der Waals surface area contributed by atoms with Gasteiger partial charge in [0, 0.05) is 60.2 Å². The molecule has 4 heterocycles. The summed E-state index contributed by atoms with van der Waals surface area (Å²) in [6, 6.07) is 86.5. The van der Waals surface area contributed by atoms with E-state index in [0.717, 1.165) is 50.0 Å². The molecule has 0 atom stereocenters. The number of para-hydroxylation sites is 4. The predicted octanol–water partition coefficient (Wildman–Crippen LogP) is 17.4. The third-order valence-corrected chi connectivity index (χ3v) is 14.4. The molecule has 68 heavy (non-hydrogen) atoms. The normalized spacial score (nSPS) is 12.1. The third kappa shape index (κ3) is 5.43. The number of rotatable bonds is 5. The van der Waals surface area contributed by atoms with Gasteiger partial charge in [-0.25, -0.2) is 0 Å². The Hall–Kier alpha value is -9.12. The van der Waals surface area contributed by atoms with Crippen molar-refractivity contribution in [2.75, 3.05) is 0 Å². The Labute approximate surface area is 390 Å². The summed E-state index contributed by atoms with van der Waals surface area (Å²) in [6.07, 6.45) is 0. The summed E-state index contributed by atoms with van der Waals surface area (Å²) in [4.78, 5) is 0. The minimum atomic E-state index is 0.890. The van der Waals surface area contributed by atoms with Crippen LogP contribution in [0.25, 0.3) is 137 Å². The lowest BCUT2D eigenvalue weighted by Crippen LogP contribution is -1.94. The van der Waals surface area contributed by atoms with Crippen LogP contribution < -0.4 is 0 Å². The summed E-state index contributed by atoms with van der Waals surface area (Å²) in [6.45, 7) is 0. The molecule has 0 amide bonds. The molecule has 4 heteroatoms. The second kappa shape index (κ2) is 14.2. The standard InChI is InChI=1S/C64H39N3O/c1-2-14-46(15-3-1)65-57-19-9-6-16-49(57)52-35-42(23-29-59(52)65)44-25-31-61-54(37-44)55-38-45(26-32-62(55)67(61)48-28-33-64-56(39-48)51-18-8-11-21-63(51)68-64)43-24-30-60-53(36-43)50-17-7-10-20-58(50)66(60)47-27-22-40-12-4-5-13-41(40)34-47/h1-39H. The summed E-state index contributed by atoms with van der Waals surface area (Å²) in [5.41, 5.74) is 17.1. The first-order valence-electron chi connectivity index (χ1n) is 23.3. The van der Waals surface area contributed by atoms with Gasteiger partial charge in [0.15, 0.2) is 0 Å². The maximum Gasteiger partial charge on any atom is 0.135 e. The van der Waals surface area contributed by atoms with E-state index in [-0.39, 0.29) is 0 Å². The maximum absolute atomic E-state index is 6.30. The second-order valence-corrected chi connectivity index (χ2v) is 18.1. The smallest absolute Gasteiger partial charge is 0.135 e. The highest BCUT2D eigenvalue weighted by Gasteiger charge is 2.19. The molecule has 0 bridgehead atoms. The lowest BCUT2D eigenvalue weighted by molar-refractivity contribution is 0.669. The molecule has 11 aromatic carbocycles. The summed E-state index contributed by atoms with van der Waals surface area (Å²) < 4.78 is 13.5. The first-order chi connectivity index (χ1) is 33.7. The van der Waals surface area contributed by atoms with Gasteiger partial charge in [0.05, 0.1) is 33.1 Å². The fourth-order valence-corrected chi connectivity index (χ4v) is 11.3. The predicted molar refractivity (Wildman–Crippen MR) is 285 cm³/mol. The topological polar surface area (TPSA) is 27.9 Å². The molecule has 0 saturated carbocycles. The average molecular weight is 866 g/mol. The van der Waals surface area contributed by atoms with Gasteiger partial charge in [0.1, 0.15) is 11.2 Å². The third-order valence-electron chi connectivity index (χ3n) is 14.4. The molecule has 316 valence electrons. The van der Waals surface area contributed by atoms with Crippen LogP contribution in [-0.4, -0.2) is 13.7 Å². The lowest BCUT2D eigenvalue weighted by atomic mass is 9.98. The number of furan rings is 1. The first kappa shape index (κ1) is 37.1. The molecule has 4 nitrogen and oxygen atoms in total. The Morgan fingerprint density at radius 2 is 0.632 bits per heavy atom. The van der Waals surface area contributed by atoms with Gasteiger partial charge < -0.3 is 18.1 Å². The van der Waals surface area contributed by atoms with Crippen LogP contribution in [0.5, 0.6) is 0 Å². The molecule has 0 aliphatic rings. The highest BCUT2D eigenvalue weighted by atomic mass is 16.3. The number of hydrogen-bond donors (Lipinski definition) is 0. The molecule has 0 aliphatic heterocycles. The summed E-state index contributed by atoms with van der Waals surface area (Å²) in [5.74, 6) is 0. The van der Waals surface area contributed by atoms with E-state index in [0.29, 0.717) is 0 Å². The van der Waals surface area contributed by atoms with Crippen LogP contribution >= 0.6 is 0 Å². The van der Waals surface area contributed by atoms with Crippen molar-refractivity contribution in [1.29, 1.82) is 0 Å². The summed E-state index contributed by atoms with van der Waals surface area (Å²) >= 11 is 0. The highest BCUT2D eigenvalue weighted by molar-refractivity contribution is 6.15. The molecule has 0 unspecified atom stereocenters. The minimum Gasteiger partial charge on any atom is -0.456 e. The van der Waals surface area contributed by atoms with Gasteiger partial charge in [-0.2, -0.15) is 0 Å². The van der Waals surface area contributed by atoms with Gasteiger partial charge in [0.25, 0.3) is 0 Å². The lowest BCUT2D eigenvalue weighted by Gasteiger charge is -2.10. The number of hydrogen-bond acceptors (Lipinski definition) is 1. The molecule has 4 aromatic heterocycles. The number of benzene rings is 11. The molecule has 0 fully saturated rings. The van der Waals surface area contributed by atoms with Crippen LogP contribution in [0, 0.1) is 0 Å². The average Bonchev–Trinajstić information content (AvgIpc) is 4.14. The van der Waals surface area contributed by atoms with Gasteiger partial charge in [-0.15, -0.1) is 0 Å². The Bertz CT molecular complexity index is 4560. The zero-order chi connectivity index (χ0) is 44.5. The van der Waals surface area contributed by atoms with Crippen molar-refractivity contribution in [3.63, 3.8) is 0 Å². The van der Waals surface area contributed by atoms with Gasteiger partial charge in [-0.05, 0) is 142 Å². The van der Waals surface area contributed by atoms with Crippen LogP contribution in [-0.2, 0) is 0 Å². The van der Waals surface area contributed by atoms with E-state index in [4.69, 9.17) is 4.42 Å². The minimum absolute atomic E-state index is 0.890. The molecular formula is C64H39N3O. The first-order valence-corrected chi connectivity index (χ1v) is 23.3. The molecule has 15 aromatic rings. The van der Waals surface area contributed by atoms with Gasteiger partial charge in [-0.1, -0.05) is 127 Å². The number of fused-ring (bicyclic) bond motifs is 13. The maximum atomic E-state index is 6.30. The van der Waals surface area contributed by atoms with Gasteiger partial charge in [0.2, 0.25) is 0 Å². The molecule has 0 N–H and O–H groups in total. The molecular weight excluding hydrogens is 827 g/mol. The van der Waals surface area contributed by atoms with E-state index in [1.165, 1.54) is 87.4 Å². The number of nitrogens with zero attached hydrogens (tertiary/aromatic N) is 3. The Morgan fingerprint density at radius 3 is 1.22 bits per heavy atom. The van der Waals surface area contributed by atoms with E-state index in [9.17, 15) is 0 Å². The molecule has 0 spiro atoms. The molecule has 0 radical (unpaired) electrons. The van der Waals surface area contributed by atoms with Crippen LogP contribution in [0.2, 0.25) is 0 Å². The summed E-state index contributed by atoms with van der Waals surface area (Å²) in [7, 11) is 0. The summed E-state index contributed by atoms with van der Waals surface area (Å²) in [5, 5.41) is 12.1. The molecule has 0 aliphatic carbocycles. The van der Waals surface area contributed by atoms with Crippen LogP contribution in [0.3, 0.4) is 0 Å². The highest BCUT2D eigenvalue weighted by Crippen LogP contribution is 2.42. The fourth-order valence-electron chi connectivity index (χ4n) is 11.3. The largest absolute Gasteiger partial charge is 0.456 e. The van der Waals surface area contributed by atoms with Crippen molar-refractivity contribution < 1.29 is 4.42 Å². The van der Waals surface area contributed by atoms with Crippen molar-refractivity contribution in [3.8, 4) is 39.3 Å². The van der Waals surface area contributed by atoms with E-state index < -0.39 is 0 Å². The monoisotopic (exact) mass is 865 g/mol. The Balaban J connectivity index is 0.933.